The Balaban J connectivity index is 2.02. The normalized spacial score (nSPS) is 11.7. The van der Waals surface area contributed by atoms with E-state index in [4.69, 9.17) is 4.74 Å². The average molecular weight is 294 g/mol. The van der Waals surface area contributed by atoms with Gasteiger partial charge in [0.2, 0.25) is 0 Å². The molecule has 0 spiro atoms. The highest BCUT2D eigenvalue weighted by Gasteiger charge is 2.10. The third kappa shape index (κ3) is 4.61. The van der Waals surface area contributed by atoms with E-state index in [0.29, 0.717) is 13.2 Å². The number of rotatable bonds is 7. The van der Waals surface area contributed by atoms with Crippen molar-refractivity contribution >= 4 is 0 Å². The maximum atomic E-state index is 9.42. The van der Waals surface area contributed by atoms with E-state index in [-0.39, 0.29) is 6.04 Å². The molecule has 2 aromatic carbocycles. The minimum Gasteiger partial charge on any atom is -0.494 e. The Hall–Kier alpha value is -2.31. The van der Waals surface area contributed by atoms with Crippen LogP contribution in [0.3, 0.4) is 0 Å². The van der Waals surface area contributed by atoms with E-state index in [2.05, 4.69) is 49.5 Å². The van der Waals surface area contributed by atoms with Crippen molar-refractivity contribution in [2.75, 3.05) is 6.61 Å². The van der Waals surface area contributed by atoms with Crippen molar-refractivity contribution in [2.45, 2.75) is 32.9 Å². The van der Waals surface area contributed by atoms with Gasteiger partial charge in [-0.2, -0.15) is 5.26 Å². The van der Waals surface area contributed by atoms with E-state index in [9.17, 15) is 5.26 Å². The van der Waals surface area contributed by atoms with Crippen LogP contribution < -0.4 is 10.1 Å². The first kappa shape index (κ1) is 16.1. The molecule has 114 valence electrons. The zero-order chi connectivity index (χ0) is 15.8. The molecule has 2 rings (SSSR count). The predicted octanol–water partition coefficient (Wildman–Crippen LogP) is 4.14. The first-order valence-electron chi connectivity index (χ1n) is 7.64. The first-order chi connectivity index (χ1) is 10.7. The fourth-order valence-electron chi connectivity index (χ4n) is 2.17. The molecule has 1 atom stereocenters. The fourth-order valence-corrected chi connectivity index (χ4v) is 2.17. The maximum absolute atomic E-state index is 9.42. The van der Waals surface area contributed by atoms with Gasteiger partial charge in [-0.3, -0.25) is 5.32 Å². The van der Waals surface area contributed by atoms with Gasteiger partial charge in [0.15, 0.2) is 0 Å². The number of benzene rings is 2. The maximum Gasteiger partial charge on any atom is 0.121 e. The molecular formula is C19H22N2O. The molecule has 0 saturated heterocycles. The third-order valence-corrected chi connectivity index (χ3v) is 3.42. The van der Waals surface area contributed by atoms with E-state index in [1.807, 2.05) is 24.3 Å². The number of nitrogens with one attached hydrogen (secondary N) is 1. The molecule has 0 amide bonds. The van der Waals surface area contributed by atoms with Crippen molar-refractivity contribution in [2.24, 2.45) is 0 Å². The lowest BCUT2D eigenvalue weighted by Crippen LogP contribution is -2.19. The molecule has 0 radical (unpaired) electrons. The van der Waals surface area contributed by atoms with E-state index < -0.39 is 0 Å². The summed E-state index contributed by atoms with van der Waals surface area (Å²) in [6.45, 7) is 5.50. The summed E-state index contributed by atoms with van der Waals surface area (Å²) >= 11 is 0. The first-order valence-corrected chi connectivity index (χ1v) is 7.64. The zero-order valence-electron chi connectivity index (χ0n) is 13.2. The minimum absolute atomic E-state index is 0.341. The largest absolute Gasteiger partial charge is 0.494 e. The average Bonchev–Trinajstić information content (AvgIpc) is 2.55. The predicted molar refractivity (Wildman–Crippen MR) is 88.6 cm³/mol. The third-order valence-electron chi connectivity index (χ3n) is 3.42. The second-order valence-electron chi connectivity index (χ2n) is 5.35. The van der Waals surface area contributed by atoms with Gasteiger partial charge in [0.25, 0.3) is 0 Å². The molecule has 1 N–H and O–H groups in total. The van der Waals surface area contributed by atoms with E-state index in [0.717, 1.165) is 17.7 Å². The summed E-state index contributed by atoms with van der Waals surface area (Å²) in [5.41, 5.74) is 3.34. The molecule has 0 saturated carbocycles. The zero-order valence-corrected chi connectivity index (χ0v) is 13.2. The van der Waals surface area contributed by atoms with Crippen molar-refractivity contribution in [1.82, 2.24) is 5.32 Å². The molecule has 3 nitrogen and oxygen atoms in total. The molecule has 0 aromatic heterocycles. The van der Waals surface area contributed by atoms with Gasteiger partial charge < -0.3 is 4.74 Å². The van der Waals surface area contributed by atoms with Gasteiger partial charge in [-0.05, 0) is 36.6 Å². The smallest absolute Gasteiger partial charge is 0.121 e. The second kappa shape index (κ2) is 8.21. The van der Waals surface area contributed by atoms with Crippen molar-refractivity contribution in [3.05, 3.63) is 65.2 Å². The number of hydrogen-bond acceptors (Lipinski definition) is 3. The lowest BCUT2D eigenvalue weighted by Gasteiger charge is -2.13. The molecule has 0 fully saturated rings. The number of nitrogens with zero attached hydrogens (tertiary/aromatic N) is 1. The summed E-state index contributed by atoms with van der Waals surface area (Å²) in [6, 6.07) is 18.0. The minimum atomic E-state index is -0.341. The van der Waals surface area contributed by atoms with Crippen LogP contribution >= 0.6 is 0 Å². The summed E-state index contributed by atoms with van der Waals surface area (Å²) in [5.74, 6) is 0.816. The SMILES string of the molecule is CCCOc1cccc(C(C#N)NCc2ccc(C)cc2)c1. The summed E-state index contributed by atoms with van der Waals surface area (Å²) in [5, 5.41) is 12.7. The van der Waals surface area contributed by atoms with Crippen LogP contribution in [0.25, 0.3) is 0 Å². The Bertz CT molecular complexity index is 629. The van der Waals surface area contributed by atoms with Crippen molar-refractivity contribution < 1.29 is 4.74 Å². The van der Waals surface area contributed by atoms with Crippen LogP contribution in [0, 0.1) is 18.3 Å². The Morgan fingerprint density at radius 1 is 1.18 bits per heavy atom. The molecular weight excluding hydrogens is 272 g/mol. The molecule has 22 heavy (non-hydrogen) atoms. The lowest BCUT2D eigenvalue weighted by atomic mass is 10.1. The highest BCUT2D eigenvalue weighted by Crippen LogP contribution is 2.19. The van der Waals surface area contributed by atoms with Gasteiger partial charge in [-0.1, -0.05) is 48.9 Å². The summed E-state index contributed by atoms with van der Waals surface area (Å²) in [6.07, 6.45) is 0.970. The number of hydrogen-bond donors (Lipinski definition) is 1. The van der Waals surface area contributed by atoms with Crippen molar-refractivity contribution in [1.29, 1.82) is 5.26 Å². The van der Waals surface area contributed by atoms with Gasteiger partial charge in [-0.25, -0.2) is 0 Å². The summed E-state index contributed by atoms with van der Waals surface area (Å²) in [4.78, 5) is 0. The van der Waals surface area contributed by atoms with Gasteiger partial charge in [-0.15, -0.1) is 0 Å². The number of nitriles is 1. The van der Waals surface area contributed by atoms with Gasteiger partial charge in [0.05, 0.1) is 12.7 Å². The molecule has 0 aliphatic carbocycles. The second-order valence-corrected chi connectivity index (χ2v) is 5.35. The molecule has 0 aliphatic rings. The number of aryl methyl sites for hydroxylation is 1. The number of ether oxygens (including phenoxy) is 1. The molecule has 0 aliphatic heterocycles. The van der Waals surface area contributed by atoms with Crippen LogP contribution in [0.5, 0.6) is 5.75 Å². The van der Waals surface area contributed by atoms with Crippen molar-refractivity contribution in [3.63, 3.8) is 0 Å². The molecule has 3 heteroatoms. The molecule has 0 heterocycles. The lowest BCUT2D eigenvalue weighted by molar-refractivity contribution is 0.317. The standard InChI is InChI=1S/C19H22N2O/c1-3-11-22-18-6-4-5-17(12-18)19(13-20)21-14-16-9-7-15(2)8-10-16/h4-10,12,19,21H,3,11,14H2,1-2H3. The van der Waals surface area contributed by atoms with Crippen LogP contribution in [0.1, 0.15) is 36.1 Å². The topological polar surface area (TPSA) is 45.0 Å². The molecule has 1 unspecified atom stereocenters. The van der Waals surface area contributed by atoms with Crippen LogP contribution in [0.4, 0.5) is 0 Å². The molecule has 0 bridgehead atoms. The summed E-state index contributed by atoms with van der Waals surface area (Å²) < 4.78 is 5.63. The van der Waals surface area contributed by atoms with Crippen LogP contribution in [-0.4, -0.2) is 6.61 Å². The Morgan fingerprint density at radius 3 is 2.64 bits per heavy atom. The molecule has 2 aromatic rings. The Labute approximate surface area is 132 Å². The van der Waals surface area contributed by atoms with E-state index in [1.165, 1.54) is 11.1 Å². The fraction of sp³-hybridized carbons (Fsp3) is 0.316. The quantitative estimate of drug-likeness (QED) is 0.834. The van der Waals surface area contributed by atoms with E-state index >= 15 is 0 Å². The highest BCUT2D eigenvalue weighted by molar-refractivity contribution is 5.33. The Morgan fingerprint density at radius 2 is 1.95 bits per heavy atom. The van der Waals surface area contributed by atoms with Gasteiger partial charge in [0.1, 0.15) is 11.8 Å². The highest BCUT2D eigenvalue weighted by atomic mass is 16.5. The van der Waals surface area contributed by atoms with Gasteiger partial charge >= 0.3 is 0 Å². The monoisotopic (exact) mass is 294 g/mol. The Kier molecular flexibility index (Phi) is 6.00. The van der Waals surface area contributed by atoms with Crippen LogP contribution in [-0.2, 0) is 6.54 Å². The van der Waals surface area contributed by atoms with Crippen LogP contribution in [0.15, 0.2) is 48.5 Å². The van der Waals surface area contributed by atoms with Crippen LogP contribution in [0.2, 0.25) is 0 Å². The summed E-state index contributed by atoms with van der Waals surface area (Å²) in [7, 11) is 0. The van der Waals surface area contributed by atoms with E-state index in [1.54, 1.807) is 0 Å². The van der Waals surface area contributed by atoms with Crippen molar-refractivity contribution in [3.8, 4) is 11.8 Å². The van der Waals surface area contributed by atoms with Gasteiger partial charge in [0, 0.05) is 6.54 Å².